The van der Waals surface area contributed by atoms with Crippen LogP contribution in [0.4, 0.5) is 10.1 Å². The predicted octanol–water partition coefficient (Wildman–Crippen LogP) is 3.07. The molecule has 5 heteroatoms. The molecule has 2 rings (SSSR count). The smallest absolute Gasteiger partial charge is 0.239 e. The monoisotopic (exact) mass is 314 g/mol. The van der Waals surface area contributed by atoms with E-state index in [2.05, 4.69) is 10.6 Å². The lowest BCUT2D eigenvalue weighted by Gasteiger charge is -2.09. The lowest BCUT2D eigenvalue weighted by Crippen LogP contribution is -2.29. The second kappa shape index (κ2) is 7.54. The Hall–Kier alpha value is -2.69. The van der Waals surface area contributed by atoms with Gasteiger partial charge in [0.05, 0.1) is 6.54 Å². The topological polar surface area (TPSA) is 58.2 Å². The highest BCUT2D eigenvalue weighted by Gasteiger charge is 2.04. The maximum absolute atomic E-state index is 13.2. The number of carbonyl (C=O) groups excluding carboxylic acids is 2. The molecule has 120 valence electrons. The molecule has 2 aromatic rings. The van der Waals surface area contributed by atoms with Gasteiger partial charge in [-0.15, -0.1) is 0 Å². The number of nitrogens with one attached hydrogen (secondary N) is 2. The van der Waals surface area contributed by atoms with Crippen molar-refractivity contribution in [2.24, 2.45) is 0 Å². The lowest BCUT2D eigenvalue weighted by molar-refractivity contribution is -0.119. The van der Waals surface area contributed by atoms with Gasteiger partial charge in [0, 0.05) is 17.8 Å². The second-order valence-corrected chi connectivity index (χ2v) is 5.35. The summed E-state index contributed by atoms with van der Waals surface area (Å²) in [7, 11) is 0. The standard InChI is InChI=1S/C18H19FN2O2/c1-12-9-14(3-8-17(12)19)10-21-18(23)11-20-16-6-4-15(5-7-16)13(2)22/h3-9,20H,10-11H2,1-2H3,(H,21,23). The first-order valence-corrected chi connectivity index (χ1v) is 7.32. The second-order valence-electron chi connectivity index (χ2n) is 5.35. The summed E-state index contributed by atoms with van der Waals surface area (Å²) in [6, 6.07) is 11.7. The molecule has 0 unspecified atom stereocenters. The van der Waals surface area contributed by atoms with Crippen LogP contribution in [-0.4, -0.2) is 18.2 Å². The third kappa shape index (κ3) is 4.92. The van der Waals surface area contributed by atoms with Gasteiger partial charge in [0.25, 0.3) is 0 Å². The van der Waals surface area contributed by atoms with E-state index in [0.717, 1.165) is 11.3 Å². The summed E-state index contributed by atoms with van der Waals surface area (Å²) in [5, 5.41) is 5.75. The molecule has 0 fully saturated rings. The average Bonchev–Trinajstić information content (AvgIpc) is 2.54. The van der Waals surface area contributed by atoms with Gasteiger partial charge < -0.3 is 10.6 Å². The maximum Gasteiger partial charge on any atom is 0.239 e. The summed E-state index contributed by atoms with van der Waals surface area (Å²) >= 11 is 0. The van der Waals surface area contributed by atoms with E-state index in [0.29, 0.717) is 17.7 Å². The Kier molecular flexibility index (Phi) is 5.46. The van der Waals surface area contributed by atoms with Crippen LogP contribution in [-0.2, 0) is 11.3 Å². The lowest BCUT2D eigenvalue weighted by atomic mass is 10.1. The highest BCUT2D eigenvalue weighted by atomic mass is 19.1. The number of amides is 1. The zero-order valence-corrected chi connectivity index (χ0v) is 13.2. The first-order valence-electron chi connectivity index (χ1n) is 7.32. The van der Waals surface area contributed by atoms with Crippen LogP contribution in [0.25, 0.3) is 0 Å². The number of anilines is 1. The number of hydrogen-bond acceptors (Lipinski definition) is 3. The van der Waals surface area contributed by atoms with Crippen LogP contribution in [0.15, 0.2) is 42.5 Å². The number of aryl methyl sites for hydroxylation is 1. The highest BCUT2D eigenvalue weighted by Crippen LogP contribution is 2.10. The first-order chi connectivity index (χ1) is 11.0. The van der Waals surface area contributed by atoms with E-state index >= 15 is 0 Å². The Morgan fingerprint density at radius 3 is 2.39 bits per heavy atom. The van der Waals surface area contributed by atoms with Crippen LogP contribution < -0.4 is 10.6 Å². The zero-order chi connectivity index (χ0) is 16.8. The van der Waals surface area contributed by atoms with Crippen LogP contribution in [0.2, 0.25) is 0 Å². The molecule has 0 spiro atoms. The van der Waals surface area contributed by atoms with E-state index in [1.165, 1.54) is 13.0 Å². The molecule has 0 saturated heterocycles. The van der Waals surface area contributed by atoms with Gasteiger partial charge in [-0.1, -0.05) is 12.1 Å². The summed E-state index contributed by atoms with van der Waals surface area (Å²) in [5.41, 5.74) is 2.80. The SMILES string of the molecule is CC(=O)c1ccc(NCC(=O)NCc2ccc(F)c(C)c2)cc1. The zero-order valence-electron chi connectivity index (χ0n) is 13.2. The third-order valence-electron chi connectivity index (χ3n) is 3.46. The van der Waals surface area contributed by atoms with Gasteiger partial charge in [0.15, 0.2) is 5.78 Å². The van der Waals surface area contributed by atoms with Crippen molar-refractivity contribution in [3.8, 4) is 0 Å². The van der Waals surface area contributed by atoms with Crippen LogP contribution in [0.3, 0.4) is 0 Å². The molecule has 2 aromatic carbocycles. The van der Waals surface area contributed by atoms with Gasteiger partial charge in [-0.3, -0.25) is 9.59 Å². The summed E-state index contributed by atoms with van der Waals surface area (Å²) in [6.45, 7) is 3.67. The molecule has 0 aliphatic heterocycles. The summed E-state index contributed by atoms with van der Waals surface area (Å²) in [5.74, 6) is -0.415. The molecule has 0 radical (unpaired) electrons. The number of benzene rings is 2. The fourth-order valence-corrected chi connectivity index (χ4v) is 2.09. The molecular weight excluding hydrogens is 295 g/mol. The van der Waals surface area contributed by atoms with Crippen LogP contribution >= 0.6 is 0 Å². The Morgan fingerprint density at radius 1 is 1.09 bits per heavy atom. The minimum absolute atomic E-state index is 0.00360. The van der Waals surface area contributed by atoms with Gasteiger partial charge in [-0.05, 0) is 55.3 Å². The minimum Gasteiger partial charge on any atom is -0.376 e. The molecule has 2 N–H and O–H groups in total. The fourth-order valence-electron chi connectivity index (χ4n) is 2.09. The van der Waals surface area contributed by atoms with Crippen molar-refractivity contribution >= 4 is 17.4 Å². The number of rotatable bonds is 6. The molecule has 0 aliphatic rings. The van der Waals surface area contributed by atoms with Crippen molar-refractivity contribution < 1.29 is 14.0 Å². The number of halogens is 1. The average molecular weight is 314 g/mol. The van der Waals surface area contributed by atoms with E-state index in [-0.39, 0.29) is 24.1 Å². The van der Waals surface area contributed by atoms with Crippen molar-refractivity contribution in [1.82, 2.24) is 5.32 Å². The summed E-state index contributed by atoms with van der Waals surface area (Å²) in [6.07, 6.45) is 0. The van der Waals surface area contributed by atoms with Crippen LogP contribution in [0.1, 0.15) is 28.4 Å². The molecule has 0 aromatic heterocycles. The first kappa shape index (κ1) is 16.7. The van der Waals surface area contributed by atoms with Crippen molar-refractivity contribution in [3.05, 3.63) is 65.0 Å². The van der Waals surface area contributed by atoms with E-state index < -0.39 is 0 Å². The number of ketones is 1. The Labute approximate surface area is 134 Å². The highest BCUT2D eigenvalue weighted by molar-refractivity contribution is 5.94. The molecule has 1 amide bonds. The molecule has 23 heavy (non-hydrogen) atoms. The largest absolute Gasteiger partial charge is 0.376 e. The molecule has 4 nitrogen and oxygen atoms in total. The number of Topliss-reactive ketones (excluding diaryl/α,β-unsaturated/α-hetero) is 1. The third-order valence-corrected chi connectivity index (χ3v) is 3.46. The molecule has 0 saturated carbocycles. The maximum atomic E-state index is 13.2. The van der Waals surface area contributed by atoms with Crippen molar-refractivity contribution in [3.63, 3.8) is 0 Å². The number of carbonyl (C=O) groups is 2. The van der Waals surface area contributed by atoms with Gasteiger partial charge in [-0.2, -0.15) is 0 Å². The van der Waals surface area contributed by atoms with E-state index in [9.17, 15) is 14.0 Å². The Balaban J connectivity index is 1.80. The Bertz CT molecular complexity index is 711. The van der Waals surface area contributed by atoms with Crippen LogP contribution in [0, 0.1) is 12.7 Å². The van der Waals surface area contributed by atoms with Crippen LogP contribution in [0.5, 0.6) is 0 Å². The van der Waals surface area contributed by atoms with Crippen molar-refractivity contribution in [2.45, 2.75) is 20.4 Å². The minimum atomic E-state index is -0.254. The summed E-state index contributed by atoms with van der Waals surface area (Å²) < 4.78 is 13.2. The van der Waals surface area contributed by atoms with E-state index in [4.69, 9.17) is 0 Å². The Morgan fingerprint density at radius 2 is 1.78 bits per heavy atom. The fraction of sp³-hybridized carbons (Fsp3) is 0.222. The molecule has 0 aliphatic carbocycles. The van der Waals surface area contributed by atoms with Gasteiger partial charge >= 0.3 is 0 Å². The van der Waals surface area contributed by atoms with Crippen molar-refractivity contribution in [2.75, 3.05) is 11.9 Å². The molecule has 0 atom stereocenters. The van der Waals surface area contributed by atoms with Crippen molar-refractivity contribution in [1.29, 1.82) is 0 Å². The predicted molar refractivity (Wildman–Crippen MR) is 87.9 cm³/mol. The van der Waals surface area contributed by atoms with Gasteiger partial charge in [0.1, 0.15) is 5.82 Å². The number of hydrogen-bond donors (Lipinski definition) is 2. The normalized spacial score (nSPS) is 10.2. The van der Waals surface area contributed by atoms with Gasteiger partial charge in [0.2, 0.25) is 5.91 Å². The summed E-state index contributed by atoms with van der Waals surface area (Å²) in [4.78, 5) is 23.0. The van der Waals surface area contributed by atoms with E-state index in [1.54, 1.807) is 43.3 Å². The molecular formula is C18H19FN2O2. The van der Waals surface area contributed by atoms with Gasteiger partial charge in [-0.25, -0.2) is 4.39 Å². The molecule has 0 bridgehead atoms. The molecule has 0 heterocycles. The van der Waals surface area contributed by atoms with E-state index in [1.807, 2.05) is 0 Å². The quantitative estimate of drug-likeness (QED) is 0.806.